The Morgan fingerprint density at radius 3 is 3.00 bits per heavy atom. The fourth-order valence-electron chi connectivity index (χ4n) is 3.20. The predicted molar refractivity (Wildman–Crippen MR) is 75.3 cm³/mol. The van der Waals surface area contributed by atoms with Gasteiger partial charge in [-0.3, -0.25) is 0 Å². The maximum Gasteiger partial charge on any atom is 0.200 e. The smallest absolute Gasteiger partial charge is 0.200 e. The van der Waals surface area contributed by atoms with Crippen molar-refractivity contribution in [2.75, 3.05) is 6.61 Å². The summed E-state index contributed by atoms with van der Waals surface area (Å²) in [7, 11) is 0. The molecule has 2 N–H and O–H groups in total. The molecule has 3 aromatic heterocycles. The van der Waals surface area contributed by atoms with E-state index in [-0.39, 0.29) is 18.8 Å². The highest BCUT2D eigenvalue weighted by atomic mass is 16.7. The Balaban J connectivity index is 1.64. The van der Waals surface area contributed by atoms with Crippen LogP contribution in [0.4, 0.5) is 0 Å². The van der Waals surface area contributed by atoms with Gasteiger partial charge in [-0.25, -0.2) is 9.50 Å². The molecule has 0 amide bonds. The third-order valence-corrected chi connectivity index (χ3v) is 4.00. The molecular weight excluding hydrogens is 272 g/mol. The van der Waals surface area contributed by atoms with Crippen LogP contribution in [0, 0.1) is 0 Å². The zero-order valence-corrected chi connectivity index (χ0v) is 12.0. The maximum atomic E-state index is 9.20. The lowest BCUT2D eigenvalue weighted by molar-refractivity contribution is -0.147. The lowest BCUT2D eigenvalue weighted by Gasteiger charge is -2.16. The lowest BCUT2D eigenvalue weighted by atomic mass is 10.0. The number of ether oxygens (including phenoxy) is 2. The molecule has 0 spiro atoms. The van der Waals surface area contributed by atoms with Gasteiger partial charge in [0.05, 0.1) is 17.7 Å². The van der Waals surface area contributed by atoms with Crippen molar-refractivity contribution in [2.24, 2.45) is 0 Å². The largest absolute Gasteiger partial charge is 0.396 e. The zero-order chi connectivity index (χ0) is 14.6. The van der Waals surface area contributed by atoms with E-state index in [1.54, 1.807) is 10.8 Å². The first-order valence-corrected chi connectivity index (χ1v) is 7.16. The van der Waals surface area contributed by atoms with Crippen LogP contribution in [0.25, 0.3) is 16.7 Å². The van der Waals surface area contributed by atoms with E-state index in [0.717, 1.165) is 22.2 Å². The van der Waals surface area contributed by atoms with Gasteiger partial charge in [-0.2, -0.15) is 0 Å². The van der Waals surface area contributed by atoms with Gasteiger partial charge < -0.3 is 19.6 Å². The van der Waals surface area contributed by atoms with Crippen LogP contribution in [0.15, 0.2) is 12.5 Å². The summed E-state index contributed by atoms with van der Waals surface area (Å²) < 4.78 is 13.7. The lowest BCUT2D eigenvalue weighted by Crippen LogP contribution is -2.26. The molecule has 1 aliphatic rings. The van der Waals surface area contributed by atoms with Crippen molar-refractivity contribution < 1.29 is 14.6 Å². The first-order valence-electron chi connectivity index (χ1n) is 7.16. The highest BCUT2D eigenvalue weighted by Crippen LogP contribution is 2.33. The molecule has 1 aliphatic heterocycles. The van der Waals surface area contributed by atoms with Crippen LogP contribution in [0.5, 0.6) is 0 Å². The molecule has 2 atom stereocenters. The molecule has 3 aromatic rings. The number of nitrogens with zero attached hydrogens (tertiary/aromatic N) is 3. The number of aromatic amines is 1. The molecule has 112 valence electrons. The van der Waals surface area contributed by atoms with E-state index < -0.39 is 5.79 Å². The van der Waals surface area contributed by atoms with Gasteiger partial charge in [0.15, 0.2) is 11.4 Å². The number of H-pyrrole nitrogens is 1. The Kier molecular flexibility index (Phi) is 2.72. The molecule has 4 rings (SSSR count). The molecule has 0 aliphatic carbocycles. The zero-order valence-electron chi connectivity index (χ0n) is 12.0. The molecule has 0 aromatic carbocycles. The Labute approximate surface area is 121 Å². The number of aliphatic hydroxyl groups is 1. The number of hydrogen-bond donors (Lipinski definition) is 2. The standard InChI is InChI=1S/C14H18N4O3/c1-14(2)20-9(3-4-19)10(21-14)5-8-6-15-11-12(8)18-7-16-13(11)17-18/h6-7,9-10,15,19H,3-5H2,1-2H3/t9-,10+/m1/s1. The van der Waals surface area contributed by atoms with Crippen LogP contribution in [-0.4, -0.2) is 49.3 Å². The summed E-state index contributed by atoms with van der Waals surface area (Å²) in [5, 5.41) is 13.5. The van der Waals surface area contributed by atoms with Crippen molar-refractivity contribution in [2.45, 2.75) is 44.7 Å². The maximum absolute atomic E-state index is 9.20. The van der Waals surface area contributed by atoms with Crippen molar-refractivity contribution in [3.8, 4) is 0 Å². The quantitative estimate of drug-likeness (QED) is 0.751. The van der Waals surface area contributed by atoms with Gasteiger partial charge in [-0.05, 0) is 25.8 Å². The summed E-state index contributed by atoms with van der Waals surface area (Å²) in [5.74, 6) is -0.607. The van der Waals surface area contributed by atoms with Gasteiger partial charge >= 0.3 is 0 Å². The molecule has 0 unspecified atom stereocenters. The monoisotopic (exact) mass is 290 g/mol. The summed E-state index contributed by atoms with van der Waals surface area (Å²) in [5.41, 5.74) is 3.87. The minimum atomic E-state index is -0.607. The Morgan fingerprint density at radius 1 is 1.38 bits per heavy atom. The number of nitrogens with one attached hydrogen (secondary N) is 1. The van der Waals surface area contributed by atoms with Gasteiger partial charge in [0, 0.05) is 19.2 Å². The number of aromatic nitrogens is 4. The van der Waals surface area contributed by atoms with Crippen LogP contribution in [0.2, 0.25) is 0 Å². The van der Waals surface area contributed by atoms with Crippen LogP contribution in [0.3, 0.4) is 0 Å². The molecule has 7 heteroatoms. The predicted octanol–water partition coefficient (Wildman–Crippen LogP) is 1.09. The number of fused-ring (bicyclic) bond motifs is 5. The number of hydrogen-bond acceptors (Lipinski definition) is 5. The van der Waals surface area contributed by atoms with Crippen molar-refractivity contribution >= 4 is 16.7 Å². The third kappa shape index (κ3) is 2.00. The molecule has 2 bridgehead atoms. The summed E-state index contributed by atoms with van der Waals surface area (Å²) in [4.78, 5) is 7.42. The first-order chi connectivity index (χ1) is 10.1. The first kappa shape index (κ1) is 13.0. The molecule has 1 saturated heterocycles. The van der Waals surface area contributed by atoms with Crippen molar-refractivity contribution in [1.29, 1.82) is 0 Å². The van der Waals surface area contributed by atoms with E-state index >= 15 is 0 Å². The fraction of sp³-hybridized carbons (Fsp3) is 0.571. The Hall–Kier alpha value is -1.70. The van der Waals surface area contributed by atoms with Gasteiger partial charge in [0.2, 0.25) is 0 Å². The average molecular weight is 290 g/mol. The van der Waals surface area contributed by atoms with Gasteiger partial charge in [-0.15, -0.1) is 5.10 Å². The second-order valence-electron chi connectivity index (χ2n) is 5.98. The van der Waals surface area contributed by atoms with E-state index in [9.17, 15) is 5.11 Å². The molecule has 4 heterocycles. The second kappa shape index (κ2) is 4.40. The fourth-order valence-corrected chi connectivity index (χ4v) is 3.20. The Morgan fingerprint density at radius 2 is 2.19 bits per heavy atom. The third-order valence-electron chi connectivity index (χ3n) is 4.00. The van der Waals surface area contributed by atoms with Crippen LogP contribution in [-0.2, 0) is 15.9 Å². The highest BCUT2D eigenvalue weighted by molar-refractivity contribution is 5.91. The minimum absolute atomic E-state index is 0.0747. The summed E-state index contributed by atoms with van der Waals surface area (Å²) in [6.07, 6.45) is 4.82. The van der Waals surface area contributed by atoms with Gasteiger partial charge in [-0.1, -0.05) is 0 Å². The topological polar surface area (TPSA) is 84.7 Å². The van der Waals surface area contributed by atoms with E-state index in [2.05, 4.69) is 15.1 Å². The molecule has 1 fully saturated rings. The van der Waals surface area contributed by atoms with E-state index in [0.29, 0.717) is 12.8 Å². The molecule has 21 heavy (non-hydrogen) atoms. The second-order valence-corrected chi connectivity index (χ2v) is 5.98. The Bertz CT molecular complexity index is 762. The molecular formula is C14H18N4O3. The van der Waals surface area contributed by atoms with Gasteiger partial charge in [0.25, 0.3) is 0 Å². The van der Waals surface area contributed by atoms with E-state index in [1.165, 1.54) is 0 Å². The van der Waals surface area contributed by atoms with Crippen LogP contribution in [0.1, 0.15) is 25.8 Å². The van der Waals surface area contributed by atoms with E-state index in [4.69, 9.17) is 9.47 Å². The SMILES string of the molecule is CC1(C)O[C@@H](Cc2c[nH]c3c4ncn(n4)c23)[C@@H](CCO)O1. The van der Waals surface area contributed by atoms with Gasteiger partial charge in [0.1, 0.15) is 11.8 Å². The average Bonchev–Trinajstić information content (AvgIpc) is 3.13. The molecule has 0 radical (unpaired) electrons. The number of rotatable bonds is 4. The van der Waals surface area contributed by atoms with Crippen LogP contribution >= 0.6 is 0 Å². The summed E-state index contributed by atoms with van der Waals surface area (Å²) in [6.45, 7) is 3.91. The minimum Gasteiger partial charge on any atom is -0.396 e. The van der Waals surface area contributed by atoms with E-state index in [1.807, 2.05) is 20.0 Å². The van der Waals surface area contributed by atoms with Crippen molar-refractivity contribution in [3.63, 3.8) is 0 Å². The molecule has 7 nitrogen and oxygen atoms in total. The summed E-state index contributed by atoms with van der Waals surface area (Å²) in [6, 6.07) is 0. The van der Waals surface area contributed by atoms with Crippen molar-refractivity contribution in [1.82, 2.24) is 19.6 Å². The summed E-state index contributed by atoms with van der Waals surface area (Å²) >= 11 is 0. The van der Waals surface area contributed by atoms with Crippen LogP contribution < -0.4 is 0 Å². The highest BCUT2D eigenvalue weighted by Gasteiger charge is 2.41. The number of aliphatic hydroxyl groups excluding tert-OH is 1. The van der Waals surface area contributed by atoms with Crippen molar-refractivity contribution in [3.05, 3.63) is 18.1 Å². The molecule has 0 saturated carbocycles. The normalized spacial score (nSPS) is 25.5.